The zero-order chi connectivity index (χ0) is 25.8. The molecule has 0 fully saturated rings. The summed E-state index contributed by atoms with van der Waals surface area (Å²) in [5.74, 6) is -2.02. The van der Waals surface area contributed by atoms with Crippen molar-refractivity contribution in [2.24, 2.45) is 20.5 Å². The molecule has 10 nitrogen and oxygen atoms in total. The molecule has 0 heterocycles. The molecule has 0 unspecified atom stereocenters. The molecule has 2 rings (SSSR count). The highest BCUT2D eigenvalue weighted by Gasteiger charge is 2.14. The number of carbonyl (C=O) groups excluding carboxylic acids is 2. The van der Waals surface area contributed by atoms with Crippen molar-refractivity contribution in [2.75, 3.05) is 13.2 Å². The van der Waals surface area contributed by atoms with Gasteiger partial charge in [0.2, 0.25) is 11.4 Å². The van der Waals surface area contributed by atoms with Gasteiger partial charge in [0, 0.05) is 0 Å². The molecule has 2 aromatic rings. The number of rotatable bonds is 10. The highest BCUT2D eigenvalue weighted by molar-refractivity contribution is 5.88. The third-order valence-corrected chi connectivity index (χ3v) is 4.43. The van der Waals surface area contributed by atoms with Crippen molar-refractivity contribution in [1.82, 2.24) is 0 Å². The topological polar surface area (TPSA) is 142 Å². The van der Waals surface area contributed by atoms with Gasteiger partial charge in [-0.2, -0.15) is 10.2 Å². The summed E-state index contributed by atoms with van der Waals surface area (Å²) < 4.78 is 9.70. The predicted molar refractivity (Wildman–Crippen MR) is 129 cm³/mol. The van der Waals surface area contributed by atoms with Crippen LogP contribution in [0.3, 0.4) is 0 Å². The van der Waals surface area contributed by atoms with E-state index in [9.17, 15) is 19.8 Å². The lowest BCUT2D eigenvalue weighted by atomic mass is 10.0. The Balaban J connectivity index is 2.05. The molecular formula is C25H28N4O6. The maximum Gasteiger partial charge on any atom is 0.362 e. The number of aliphatic hydroxyl groups is 2. The van der Waals surface area contributed by atoms with E-state index in [1.54, 1.807) is 38.1 Å². The number of hydrogen-bond acceptors (Lipinski definition) is 10. The molecule has 0 aliphatic carbocycles. The Hall–Kier alpha value is -4.34. The minimum absolute atomic E-state index is 0.164. The normalized spacial score (nSPS) is 12.9. The van der Waals surface area contributed by atoms with Crippen LogP contribution in [-0.2, 0) is 25.5 Å². The van der Waals surface area contributed by atoms with Crippen LogP contribution in [0.25, 0.3) is 0 Å². The smallest absolute Gasteiger partial charge is 0.362 e. The summed E-state index contributed by atoms with van der Waals surface area (Å²) in [5, 5.41) is 34.9. The van der Waals surface area contributed by atoms with Gasteiger partial charge in [-0.15, -0.1) is 10.2 Å². The van der Waals surface area contributed by atoms with Gasteiger partial charge in [-0.05, 0) is 69.5 Å². The van der Waals surface area contributed by atoms with Gasteiger partial charge in [-0.1, -0.05) is 24.3 Å². The van der Waals surface area contributed by atoms with Crippen LogP contribution in [0, 0.1) is 0 Å². The molecule has 184 valence electrons. The van der Waals surface area contributed by atoms with Gasteiger partial charge in [0.1, 0.15) is 11.5 Å². The molecule has 0 atom stereocenters. The average molecular weight is 481 g/mol. The lowest BCUT2D eigenvalue weighted by Crippen LogP contribution is -2.07. The number of allylic oxidation sites excluding steroid dienone is 2. The maximum absolute atomic E-state index is 11.8. The van der Waals surface area contributed by atoms with E-state index < -0.39 is 11.9 Å². The SMILES string of the molecule is CCOC(=O)/C(N=Nc1ccc(Cc2ccc(N=N/C(C(=O)OCC)=C(/C)O)cc2)cc1)=C(\C)O. The van der Waals surface area contributed by atoms with E-state index in [1.165, 1.54) is 13.8 Å². The minimum atomic E-state index is -0.740. The van der Waals surface area contributed by atoms with Crippen LogP contribution in [0.5, 0.6) is 0 Å². The van der Waals surface area contributed by atoms with Crippen molar-refractivity contribution in [3.63, 3.8) is 0 Å². The van der Waals surface area contributed by atoms with Crippen LogP contribution in [0.4, 0.5) is 11.4 Å². The van der Waals surface area contributed by atoms with Crippen LogP contribution in [0.2, 0.25) is 0 Å². The van der Waals surface area contributed by atoms with E-state index >= 15 is 0 Å². The first-order valence-corrected chi connectivity index (χ1v) is 10.9. The number of benzene rings is 2. The summed E-state index contributed by atoms with van der Waals surface area (Å²) in [5.41, 5.74) is 2.57. The van der Waals surface area contributed by atoms with Gasteiger partial charge in [0.15, 0.2) is 0 Å². The molecule has 0 aliphatic rings. The Morgan fingerprint density at radius 1 is 0.686 bits per heavy atom. The third-order valence-electron chi connectivity index (χ3n) is 4.43. The lowest BCUT2D eigenvalue weighted by Gasteiger charge is -2.04. The van der Waals surface area contributed by atoms with Gasteiger partial charge >= 0.3 is 11.9 Å². The Labute approximate surface area is 203 Å². The van der Waals surface area contributed by atoms with Crippen LogP contribution >= 0.6 is 0 Å². The Bertz CT molecular complexity index is 1050. The molecule has 0 saturated carbocycles. The van der Waals surface area contributed by atoms with Gasteiger partial charge in [0.25, 0.3) is 0 Å². The number of aliphatic hydroxyl groups excluding tert-OH is 2. The molecule has 0 aliphatic heterocycles. The fourth-order valence-electron chi connectivity index (χ4n) is 2.73. The van der Waals surface area contributed by atoms with Crippen molar-refractivity contribution in [3.05, 3.63) is 82.6 Å². The zero-order valence-electron chi connectivity index (χ0n) is 20.1. The van der Waals surface area contributed by atoms with Gasteiger partial charge < -0.3 is 19.7 Å². The molecule has 2 N–H and O–H groups in total. The first-order valence-electron chi connectivity index (χ1n) is 10.9. The number of hydrogen-bond donors (Lipinski definition) is 2. The van der Waals surface area contributed by atoms with Crippen molar-refractivity contribution in [1.29, 1.82) is 0 Å². The van der Waals surface area contributed by atoms with Crippen LogP contribution in [0.1, 0.15) is 38.8 Å². The van der Waals surface area contributed by atoms with Crippen molar-refractivity contribution in [2.45, 2.75) is 34.1 Å². The first kappa shape index (κ1) is 26.9. The van der Waals surface area contributed by atoms with Gasteiger partial charge in [0.05, 0.1) is 24.6 Å². The predicted octanol–water partition coefficient (Wildman–Crippen LogP) is 6.15. The summed E-state index contributed by atoms with van der Waals surface area (Å²) in [6.45, 7) is 6.32. The number of nitrogens with zero attached hydrogens (tertiary/aromatic N) is 4. The van der Waals surface area contributed by atoms with E-state index in [-0.39, 0.29) is 36.1 Å². The minimum Gasteiger partial charge on any atom is -0.510 e. The monoisotopic (exact) mass is 480 g/mol. The fourth-order valence-corrected chi connectivity index (χ4v) is 2.73. The molecule has 0 spiro atoms. The average Bonchev–Trinajstić information content (AvgIpc) is 2.81. The van der Waals surface area contributed by atoms with Crippen LogP contribution in [0.15, 0.2) is 91.9 Å². The summed E-state index contributed by atoms with van der Waals surface area (Å²) >= 11 is 0. The maximum atomic E-state index is 11.8. The highest BCUT2D eigenvalue weighted by atomic mass is 16.5. The second kappa shape index (κ2) is 13.4. The largest absolute Gasteiger partial charge is 0.510 e. The summed E-state index contributed by atoms with van der Waals surface area (Å²) in [6.07, 6.45) is 0.641. The van der Waals surface area contributed by atoms with Crippen LogP contribution < -0.4 is 0 Å². The van der Waals surface area contributed by atoms with Crippen molar-refractivity contribution < 1.29 is 29.3 Å². The van der Waals surface area contributed by atoms with Crippen LogP contribution in [-0.4, -0.2) is 35.4 Å². The van der Waals surface area contributed by atoms with E-state index in [0.717, 1.165) is 11.1 Å². The van der Waals surface area contributed by atoms with E-state index in [4.69, 9.17) is 9.47 Å². The Morgan fingerprint density at radius 3 is 1.31 bits per heavy atom. The second-order valence-corrected chi connectivity index (χ2v) is 7.22. The zero-order valence-corrected chi connectivity index (χ0v) is 20.1. The van der Waals surface area contributed by atoms with Crippen molar-refractivity contribution in [3.8, 4) is 0 Å². The molecule has 35 heavy (non-hydrogen) atoms. The van der Waals surface area contributed by atoms with Gasteiger partial charge in [-0.25, -0.2) is 9.59 Å². The highest BCUT2D eigenvalue weighted by Crippen LogP contribution is 2.21. The third kappa shape index (κ3) is 8.50. The summed E-state index contributed by atoms with van der Waals surface area (Å²) in [7, 11) is 0. The Morgan fingerprint density at radius 2 is 1.03 bits per heavy atom. The van der Waals surface area contributed by atoms with Gasteiger partial charge in [-0.3, -0.25) is 0 Å². The second-order valence-electron chi connectivity index (χ2n) is 7.22. The molecular weight excluding hydrogens is 452 g/mol. The molecule has 10 heteroatoms. The summed E-state index contributed by atoms with van der Waals surface area (Å²) in [6, 6.07) is 14.5. The molecule has 2 aromatic carbocycles. The molecule has 0 radical (unpaired) electrons. The number of esters is 2. The quantitative estimate of drug-likeness (QED) is 0.181. The lowest BCUT2D eigenvalue weighted by molar-refractivity contribution is -0.139. The first-order chi connectivity index (χ1) is 16.7. The number of ether oxygens (including phenoxy) is 2. The fraction of sp³-hybridized carbons (Fsp3) is 0.280. The molecule has 0 bridgehead atoms. The Kier molecular flexibility index (Phi) is 10.3. The summed E-state index contributed by atoms with van der Waals surface area (Å²) in [4.78, 5) is 23.6. The van der Waals surface area contributed by atoms with E-state index in [0.29, 0.717) is 17.8 Å². The molecule has 0 aromatic heterocycles. The standard InChI is InChI=1S/C25H28N4O6/c1-5-34-24(32)22(16(3)30)28-26-20-11-7-18(8-12-20)15-19-9-13-21(14-10-19)27-29-23(17(4)31)25(33)35-6-2/h7-14,30-31H,5-6,15H2,1-4H3/b22-16-,23-17-,28-26?,29-27?. The molecule has 0 saturated heterocycles. The van der Waals surface area contributed by atoms with Crippen molar-refractivity contribution >= 4 is 23.3 Å². The number of azo groups is 2. The van der Waals surface area contributed by atoms with E-state index in [1.807, 2.05) is 24.3 Å². The molecule has 0 amide bonds. The van der Waals surface area contributed by atoms with E-state index in [2.05, 4.69) is 20.5 Å². The number of carbonyl (C=O) groups is 2.